The molecule has 0 fully saturated rings. The van der Waals surface area contributed by atoms with Gasteiger partial charge in [0.1, 0.15) is 0 Å². The first-order chi connectivity index (χ1) is 8.91. The maximum atomic E-state index is 11.3. The van der Waals surface area contributed by atoms with Gasteiger partial charge in [-0.2, -0.15) is 0 Å². The van der Waals surface area contributed by atoms with Crippen molar-refractivity contribution in [1.82, 2.24) is 0 Å². The molecule has 0 aromatic heterocycles. The standard InChI is InChI=1S/C10H19O8P/c1-3-15-9(11)5-7-17-19(13,14)18-8-6-10(12)16-4-2/h3-8H2,1-2H3,(H,13,14). The number of ether oxygens (including phenoxy) is 2. The number of phosphoric acid groups is 1. The fourth-order valence-corrected chi connectivity index (χ4v) is 1.71. The molecule has 0 unspecified atom stereocenters. The lowest BCUT2D eigenvalue weighted by Crippen LogP contribution is -2.10. The molecular formula is C10H19O8P. The van der Waals surface area contributed by atoms with E-state index in [0.717, 1.165) is 0 Å². The van der Waals surface area contributed by atoms with Crippen LogP contribution in [0, 0.1) is 0 Å². The fourth-order valence-electron chi connectivity index (χ4n) is 0.992. The Labute approximate surface area is 111 Å². The molecule has 9 heteroatoms. The van der Waals surface area contributed by atoms with Crippen LogP contribution in [-0.4, -0.2) is 43.3 Å². The van der Waals surface area contributed by atoms with E-state index < -0.39 is 19.8 Å². The fraction of sp³-hybridized carbons (Fsp3) is 0.800. The second-order valence-corrected chi connectivity index (χ2v) is 4.70. The van der Waals surface area contributed by atoms with Crippen LogP contribution < -0.4 is 0 Å². The highest BCUT2D eigenvalue weighted by Gasteiger charge is 2.22. The molecule has 0 saturated carbocycles. The Bertz CT molecular complexity index is 301. The highest BCUT2D eigenvalue weighted by molar-refractivity contribution is 7.47. The number of hydrogen-bond donors (Lipinski definition) is 1. The van der Waals surface area contributed by atoms with Crippen LogP contribution in [0.1, 0.15) is 26.7 Å². The SMILES string of the molecule is CCOC(=O)CCOP(=O)(O)OCCC(=O)OCC. The number of esters is 2. The molecule has 0 saturated heterocycles. The van der Waals surface area contributed by atoms with E-state index in [1.54, 1.807) is 13.8 Å². The van der Waals surface area contributed by atoms with Crippen molar-refractivity contribution >= 4 is 19.8 Å². The molecule has 0 aromatic rings. The first kappa shape index (κ1) is 18.0. The summed E-state index contributed by atoms with van der Waals surface area (Å²) in [5, 5.41) is 0. The molecule has 0 bridgehead atoms. The summed E-state index contributed by atoms with van der Waals surface area (Å²) in [6.45, 7) is 3.15. The van der Waals surface area contributed by atoms with E-state index >= 15 is 0 Å². The normalized spacial score (nSPS) is 11.1. The molecule has 19 heavy (non-hydrogen) atoms. The van der Waals surface area contributed by atoms with E-state index in [1.807, 2.05) is 0 Å². The average molecular weight is 298 g/mol. The zero-order valence-corrected chi connectivity index (χ0v) is 11.9. The van der Waals surface area contributed by atoms with Gasteiger partial charge in [-0.15, -0.1) is 0 Å². The minimum absolute atomic E-state index is 0.153. The molecule has 0 aliphatic carbocycles. The largest absolute Gasteiger partial charge is 0.472 e. The quantitative estimate of drug-likeness (QED) is 0.470. The van der Waals surface area contributed by atoms with Gasteiger partial charge in [0.05, 0.1) is 39.3 Å². The average Bonchev–Trinajstić information content (AvgIpc) is 2.29. The zero-order valence-electron chi connectivity index (χ0n) is 11.0. The molecule has 0 aliphatic rings. The second kappa shape index (κ2) is 9.91. The molecule has 0 atom stereocenters. The van der Waals surface area contributed by atoms with Crippen molar-refractivity contribution in [1.29, 1.82) is 0 Å². The van der Waals surface area contributed by atoms with Gasteiger partial charge in [-0.1, -0.05) is 0 Å². The Balaban J connectivity index is 3.77. The van der Waals surface area contributed by atoms with Crippen molar-refractivity contribution < 1.29 is 37.6 Å². The molecule has 112 valence electrons. The zero-order chi connectivity index (χ0) is 14.7. The van der Waals surface area contributed by atoms with Gasteiger partial charge in [0.25, 0.3) is 0 Å². The van der Waals surface area contributed by atoms with Crippen molar-refractivity contribution in [3.63, 3.8) is 0 Å². The lowest BCUT2D eigenvalue weighted by Gasteiger charge is -2.11. The van der Waals surface area contributed by atoms with Gasteiger partial charge in [-0.05, 0) is 13.8 Å². The van der Waals surface area contributed by atoms with Gasteiger partial charge in [-0.3, -0.25) is 18.6 Å². The van der Waals surface area contributed by atoms with E-state index in [2.05, 4.69) is 18.5 Å². The third kappa shape index (κ3) is 10.6. The maximum absolute atomic E-state index is 11.3. The molecule has 0 spiro atoms. The maximum Gasteiger partial charge on any atom is 0.472 e. The Morgan fingerprint density at radius 1 is 0.947 bits per heavy atom. The summed E-state index contributed by atoms with van der Waals surface area (Å²) < 4.78 is 29.6. The van der Waals surface area contributed by atoms with Gasteiger partial charge in [0, 0.05) is 0 Å². The van der Waals surface area contributed by atoms with Gasteiger partial charge in [0.2, 0.25) is 0 Å². The van der Waals surface area contributed by atoms with Gasteiger partial charge in [-0.25, -0.2) is 4.57 Å². The second-order valence-electron chi connectivity index (χ2n) is 3.25. The predicted octanol–water partition coefficient (Wildman–Crippen LogP) is 1.03. The summed E-state index contributed by atoms with van der Waals surface area (Å²) in [5.74, 6) is -1.07. The summed E-state index contributed by atoms with van der Waals surface area (Å²) in [4.78, 5) is 31.1. The van der Waals surface area contributed by atoms with Crippen LogP contribution in [0.2, 0.25) is 0 Å². The van der Waals surface area contributed by atoms with E-state index in [4.69, 9.17) is 0 Å². The van der Waals surface area contributed by atoms with Crippen molar-refractivity contribution in [2.75, 3.05) is 26.4 Å². The molecule has 1 N–H and O–H groups in total. The molecule has 0 aromatic carbocycles. The monoisotopic (exact) mass is 298 g/mol. The van der Waals surface area contributed by atoms with Gasteiger partial charge < -0.3 is 14.4 Å². The Morgan fingerprint density at radius 3 is 1.63 bits per heavy atom. The van der Waals surface area contributed by atoms with Crippen LogP contribution in [0.5, 0.6) is 0 Å². The lowest BCUT2D eigenvalue weighted by molar-refractivity contribution is -0.144. The number of carbonyl (C=O) groups is 2. The van der Waals surface area contributed by atoms with Crippen molar-refractivity contribution in [2.24, 2.45) is 0 Å². The lowest BCUT2D eigenvalue weighted by atomic mass is 10.5. The van der Waals surface area contributed by atoms with Crippen molar-refractivity contribution in [3.05, 3.63) is 0 Å². The van der Waals surface area contributed by atoms with Gasteiger partial charge >= 0.3 is 19.8 Å². The molecule has 8 nitrogen and oxygen atoms in total. The Hall–Kier alpha value is -0.950. The predicted molar refractivity (Wildman–Crippen MR) is 64.2 cm³/mol. The number of rotatable bonds is 10. The first-order valence-electron chi connectivity index (χ1n) is 5.84. The summed E-state index contributed by atoms with van der Waals surface area (Å²) in [5.41, 5.74) is 0. The third-order valence-corrected chi connectivity index (χ3v) is 2.75. The van der Waals surface area contributed by atoms with E-state index in [-0.39, 0.29) is 39.3 Å². The van der Waals surface area contributed by atoms with Crippen molar-refractivity contribution in [3.8, 4) is 0 Å². The number of hydrogen-bond acceptors (Lipinski definition) is 7. The third-order valence-electron chi connectivity index (χ3n) is 1.73. The van der Waals surface area contributed by atoms with E-state index in [1.165, 1.54) is 0 Å². The molecule has 0 heterocycles. The molecular weight excluding hydrogens is 279 g/mol. The van der Waals surface area contributed by atoms with Crippen molar-refractivity contribution in [2.45, 2.75) is 26.7 Å². The Morgan fingerprint density at radius 2 is 1.32 bits per heavy atom. The highest BCUT2D eigenvalue weighted by Crippen LogP contribution is 2.43. The molecule has 0 amide bonds. The smallest absolute Gasteiger partial charge is 0.466 e. The molecule has 0 radical (unpaired) electrons. The van der Waals surface area contributed by atoms with Crippen LogP contribution in [0.4, 0.5) is 0 Å². The summed E-state index contributed by atoms with van der Waals surface area (Å²) in [6, 6.07) is 0. The molecule has 0 rings (SSSR count). The highest BCUT2D eigenvalue weighted by atomic mass is 31.2. The number of phosphoric ester groups is 1. The van der Waals surface area contributed by atoms with E-state index in [9.17, 15) is 19.0 Å². The van der Waals surface area contributed by atoms with Crippen LogP contribution in [0.25, 0.3) is 0 Å². The van der Waals surface area contributed by atoms with Crippen LogP contribution in [0.3, 0.4) is 0 Å². The van der Waals surface area contributed by atoms with Crippen LogP contribution >= 0.6 is 7.82 Å². The van der Waals surface area contributed by atoms with Gasteiger partial charge in [0.15, 0.2) is 0 Å². The minimum atomic E-state index is -4.26. The van der Waals surface area contributed by atoms with Crippen LogP contribution in [0.15, 0.2) is 0 Å². The van der Waals surface area contributed by atoms with Crippen LogP contribution in [-0.2, 0) is 32.7 Å². The first-order valence-corrected chi connectivity index (χ1v) is 7.34. The molecule has 0 aliphatic heterocycles. The number of carbonyl (C=O) groups excluding carboxylic acids is 2. The summed E-state index contributed by atoms with van der Waals surface area (Å²) >= 11 is 0. The Kier molecular flexibility index (Phi) is 9.42. The summed E-state index contributed by atoms with van der Waals surface area (Å²) in [7, 11) is -4.26. The minimum Gasteiger partial charge on any atom is -0.466 e. The van der Waals surface area contributed by atoms with E-state index in [0.29, 0.717) is 0 Å². The summed E-state index contributed by atoms with van der Waals surface area (Å²) in [6.07, 6.45) is -0.306. The topological polar surface area (TPSA) is 108 Å².